The fourth-order valence-corrected chi connectivity index (χ4v) is 4.27. The van der Waals surface area contributed by atoms with Crippen molar-refractivity contribution in [3.8, 4) is 11.5 Å². The van der Waals surface area contributed by atoms with Crippen LogP contribution in [-0.2, 0) is 9.59 Å². The third-order valence-corrected chi connectivity index (χ3v) is 5.74. The van der Waals surface area contributed by atoms with Gasteiger partial charge in [-0.2, -0.15) is 0 Å². The number of amides is 1. The quantitative estimate of drug-likeness (QED) is 0.660. The van der Waals surface area contributed by atoms with E-state index in [9.17, 15) is 23.5 Å². The molecule has 32 heavy (non-hydrogen) atoms. The topological polar surface area (TPSA) is 87.7 Å². The molecule has 0 saturated carbocycles. The number of Topliss-reactive ketones (excluding diaryl/α,β-unsaturated/α-hetero) is 1. The molecule has 2 aromatic rings. The number of hydrogen-bond acceptors (Lipinski definition) is 5. The van der Waals surface area contributed by atoms with Crippen LogP contribution in [0.25, 0.3) is 0 Å². The van der Waals surface area contributed by atoms with Gasteiger partial charge in [0.15, 0.2) is 17.3 Å². The minimum atomic E-state index is -0.906. The van der Waals surface area contributed by atoms with Gasteiger partial charge in [0, 0.05) is 40.9 Å². The van der Waals surface area contributed by atoms with E-state index in [1.165, 1.54) is 13.2 Å². The predicted molar refractivity (Wildman–Crippen MR) is 114 cm³/mol. The minimum absolute atomic E-state index is 0.0746. The molecule has 1 amide bonds. The second-order valence-corrected chi connectivity index (χ2v) is 7.78. The Morgan fingerprint density at radius 2 is 1.97 bits per heavy atom. The Morgan fingerprint density at radius 3 is 2.69 bits per heavy atom. The molecule has 1 atom stereocenters. The number of carbonyl (C=O) groups excluding carboxylic acids is 2. The SMILES string of the molecule is COc1cc([C@H]2C(C(=O)Nc3ccc(F)cc3F)=C(C)NC3=C2C(=O)CCC3)ccc1O. The summed E-state index contributed by atoms with van der Waals surface area (Å²) in [6.45, 7) is 1.71. The summed E-state index contributed by atoms with van der Waals surface area (Å²) in [6.07, 6.45) is 1.71. The van der Waals surface area contributed by atoms with Crippen molar-refractivity contribution in [3.05, 3.63) is 76.1 Å². The molecule has 3 N–H and O–H groups in total. The summed E-state index contributed by atoms with van der Waals surface area (Å²) in [7, 11) is 1.41. The van der Waals surface area contributed by atoms with Gasteiger partial charge < -0.3 is 20.5 Å². The lowest BCUT2D eigenvalue weighted by Gasteiger charge is -2.34. The van der Waals surface area contributed by atoms with Crippen LogP contribution in [0.1, 0.15) is 37.7 Å². The van der Waals surface area contributed by atoms with Crippen LogP contribution in [0, 0.1) is 11.6 Å². The highest BCUT2D eigenvalue weighted by atomic mass is 19.1. The molecule has 0 bridgehead atoms. The maximum Gasteiger partial charge on any atom is 0.254 e. The van der Waals surface area contributed by atoms with Crippen LogP contribution in [0.15, 0.2) is 58.9 Å². The Morgan fingerprint density at radius 1 is 1.19 bits per heavy atom. The Labute approximate surface area is 183 Å². The molecule has 2 aromatic carbocycles. The lowest BCUT2D eigenvalue weighted by Crippen LogP contribution is -2.35. The smallest absolute Gasteiger partial charge is 0.254 e. The number of allylic oxidation sites excluding steroid dienone is 3. The van der Waals surface area contributed by atoms with Crippen LogP contribution in [-0.4, -0.2) is 23.9 Å². The average molecular weight is 440 g/mol. The van der Waals surface area contributed by atoms with Gasteiger partial charge in [-0.15, -0.1) is 0 Å². The van der Waals surface area contributed by atoms with Gasteiger partial charge in [-0.25, -0.2) is 8.78 Å². The van der Waals surface area contributed by atoms with E-state index in [4.69, 9.17) is 4.74 Å². The van der Waals surface area contributed by atoms with Crippen molar-refractivity contribution in [1.29, 1.82) is 0 Å². The van der Waals surface area contributed by atoms with Crippen LogP contribution in [0.3, 0.4) is 0 Å². The number of benzene rings is 2. The zero-order valence-electron chi connectivity index (χ0n) is 17.6. The molecule has 0 unspecified atom stereocenters. The molecule has 166 valence electrons. The Hall–Kier alpha value is -3.68. The van der Waals surface area contributed by atoms with E-state index in [0.717, 1.165) is 17.8 Å². The first-order valence-electron chi connectivity index (χ1n) is 10.2. The van der Waals surface area contributed by atoms with Crippen LogP contribution in [0.5, 0.6) is 11.5 Å². The number of phenolic OH excluding ortho intramolecular Hbond substituents is 1. The van der Waals surface area contributed by atoms with Crippen molar-refractivity contribution >= 4 is 17.4 Å². The van der Waals surface area contributed by atoms with E-state index in [1.54, 1.807) is 19.1 Å². The molecular formula is C24H22F2N2O4. The number of aromatic hydroxyl groups is 1. The normalized spacial score (nSPS) is 18.2. The van der Waals surface area contributed by atoms with Gasteiger partial charge in [0.25, 0.3) is 5.91 Å². The summed E-state index contributed by atoms with van der Waals surface area (Å²) in [4.78, 5) is 26.2. The van der Waals surface area contributed by atoms with Crippen LogP contribution < -0.4 is 15.4 Å². The molecule has 0 saturated heterocycles. The number of methoxy groups -OCH3 is 1. The van der Waals surface area contributed by atoms with Crippen molar-refractivity contribution in [1.82, 2.24) is 5.32 Å². The first kappa shape index (κ1) is 21.5. The third-order valence-electron chi connectivity index (χ3n) is 5.74. The first-order chi connectivity index (χ1) is 15.3. The van der Waals surface area contributed by atoms with E-state index in [1.807, 2.05) is 0 Å². The van der Waals surface area contributed by atoms with Crippen molar-refractivity contribution < 1.29 is 28.2 Å². The van der Waals surface area contributed by atoms with Gasteiger partial charge in [-0.3, -0.25) is 9.59 Å². The zero-order valence-corrected chi connectivity index (χ0v) is 17.6. The van der Waals surface area contributed by atoms with Gasteiger partial charge >= 0.3 is 0 Å². The summed E-state index contributed by atoms with van der Waals surface area (Å²) >= 11 is 0. The number of rotatable bonds is 4. The van der Waals surface area contributed by atoms with Crippen molar-refractivity contribution in [2.75, 3.05) is 12.4 Å². The highest BCUT2D eigenvalue weighted by molar-refractivity contribution is 6.09. The molecule has 0 fully saturated rings. The molecular weight excluding hydrogens is 418 g/mol. The highest BCUT2D eigenvalue weighted by Gasteiger charge is 2.38. The van der Waals surface area contributed by atoms with E-state index in [2.05, 4.69) is 10.6 Å². The van der Waals surface area contributed by atoms with Gasteiger partial charge in [0.2, 0.25) is 0 Å². The Kier molecular flexibility index (Phi) is 5.69. The first-order valence-corrected chi connectivity index (χ1v) is 10.2. The molecule has 0 spiro atoms. The Balaban J connectivity index is 1.81. The second-order valence-electron chi connectivity index (χ2n) is 7.78. The molecule has 0 aromatic heterocycles. The van der Waals surface area contributed by atoms with E-state index < -0.39 is 23.5 Å². The average Bonchev–Trinajstić information content (AvgIpc) is 2.75. The third kappa shape index (κ3) is 3.84. The summed E-state index contributed by atoms with van der Waals surface area (Å²) in [5.41, 5.74) is 2.38. The van der Waals surface area contributed by atoms with Crippen molar-refractivity contribution in [2.45, 2.75) is 32.1 Å². The maximum absolute atomic E-state index is 14.2. The van der Waals surface area contributed by atoms with E-state index >= 15 is 0 Å². The number of phenols is 1. The largest absolute Gasteiger partial charge is 0.504 e. The standard InChI is InChI=1S/C24H22F2N2O4/c1-12-21(24(31)28-16-8-7-14(25)11-15(16)26)22(13-6-9-18(29)20(10-13)32-2)23-17(27-12)4-3-5-19(23)30/h6-11,22,27,29H,3-5H2,1-2H3,(H,28,31)/t22-/m0/s1. The molecule has 8 heteroatoms. The van der Waals surface area contributed by atoms with Gasteiger partial charge in [0.1, 0.15) is 11.6 Å². The van der Waals surface area contributed by atoms with Crippen LogP contribution in [0.2, 0.25) is 0 Å². The monoisotopic (exact) mass is 440 g/mol. The molecule has 4 rings (SSSR count). The number of ketones is 1. The van der Waals surface area contributed by atoms with Crippen molar-refractivity contribution in [3.63, 3.8) is 0 Å². The van der Waals surface area contributed by atoms with Crippen LogP contribution >= 0.6 is 0 Å². The Bertz CT molecular complexity index is 1190. The summed E-state index contributed by atoms with van der Waals surface area (Å²) in [5, 5.41) is 15.7. The minimum Gasteiger partial charge on any atom is -0.504 e. The summed E-state index contributed by atoms with van der Waals surface area (Å²) in [5.74, 6) is -2.98. The molecule has 6 nitrogen and oxygen atoms in total. The van der Waals surface area contributed by atoms with Crippen LogP contribution in [0.4, 0.5) is 14.5 Å². The number of anilines is 1. The summed E-state index contributed by atoms with van der Waals surface area (Å²) in [6, 6.07) is 7.52. The number of dihydropyridines is 1. The van der Waals surface area contributed by atoms with E-state index in [-0.39, 0.29) is 28.5 Å². The maximum atomic E-state index is 14.2. The highest BCUT2D eigenvalue weighted by Crippen LogP contribution is 2.44. The predicted octanol–water partition coefficient (Wildman–Crippen LogP) is 4.29. The molecule has 1 aliphatic carbocycles. The van der Waals surface area contributed by atoms with Gasteiger partial charge in [0.05, 0.1) is 12.8 Å². The fourth-order valence-electron chi connectivity index (χ4n) is 4.27. The van der Waals surface area contributed by atoms with E-state index in [0.29, 0.717) is 42.2 Å². The number of halogens is 2. The molecule has 1 heterocycles. The molecule has 0 radical (unpaired) electrons. The number of carbonyl (C=O) groups is 2. The second kappa shape index (κ2) is 8.45. The molecule has 2 aliphatic rings. The zero-order chi connectivity index (χ0) is 23.0. The summed E-state index contributed by atoms with van der Waals surface area (Å²) < 4.78 is 32.7. The van der Waals surface area contributed by atoms with Gasteiger partial charge in [-0.05, 0) is 49.6 Å². The van der Waals surface area contributed by atoms with Gasteiger partial charge in [-0.1, -0.05) is 6.07 Å². The fraction of sp³-hybridized carbons (Fsp3) is 0.250. The molecule has 1 aliphatic heterocycles. The van der Waals surface area contributed by atoms with Crippen molar-refractivity contribution in [2.24, 2.45) is 0 Å². The number of ether oxygens (including phenoxy) is 1. The lowest BCUT2D eigenvalue weighted by molar-refractivity contribution is -0.116. The number of nitrogens with one attached hydrogen (secondary N) is 2. The number of hydrogen-bond donors (Lipinski definition) is 3. The lowest BCUT2D eigenvalue weighted by atomic mass is 9.75.